The number of benzene rings is 1. The Hall–Kier alpha value is -1.10. The third kappa shape index (κ3) is 3.47. The van der Waals surface area contributed by atoms with E-state index < -0.39 is 0 Å². The van der Waals surface area contributed by atoms with Crippen LogP contribution in [0.3, 0.4) is 0 Å². The Morgan fingerprint density at radius 2 is 2.05 bits per heavy atom. The van der Waals surface area contributed by atoms with E-state index in [4.69, 9.17) is 27.6 Å². The summed E-state index contributed by atoms with van der Waals surface area (Å²) in [6.45, 7) is 4.41. The molecule has 0 aliphatic rings. The summed E-state index contributed by atoms with van der Waals surface area (Å²) in [5.74, 6) is 1.16. The molecule has 1 unspecified atom stereocenters. The molecule has 0 aliphatic heterocycles. The summed E-state index contributed by atoms with van der Waals surface area (Å²) in [6, 6.07) is 5.64. The topological polar surface area (TPSA) is 42.2 Å². The van der Waals surface area contributed by atoms with Crippen LogP contribution < -0.4 is 0 Å². The fourth-order valence-electron chi connectivity index (χ4n) is 1.83. The minimum absolute atomic E-state index is 0.122. The molecular formula is C13H15Cl2N3O. The number of halogens is 2. The first-order valence-electron chi connectivity index (χ1n) is 5.91. The zero-order valence-electron chi connectivity index (χ0n) is 11.0. The zero-order valence-corrected chi connectivity index (χ0v) is 12.5. The average molecular weight is 300 g/mol. The van der Waals surface area contributed by atoms with Crippen LogP contribution in [0.5, 0.6) is 0 Å². The van der Waals surface area contributed by atoms with Crippen LogP contribution >= 0.6 is 23.2 Å². The molecule has 2 rings (SSSR count). The molecule has 6 heteroatoms. The molecule has 2 aromatic rings. The normalized spacial score (nSPS) is 12.9. The van der Waals surface area contributed by atoms with Crippen molar-refractivity contribution in [2.45, 2.75) is 26.4 Å². The molecule has 1 heterocycles. The second-order valence-electron chi connectivity index (χ2n) is 4.47. The van der Waals surface area contributed by atoms with Crippen molar-refractivity contribution in [2.24, 2.45) is 0 Å². The summed E-state index contributed by atoms with van der Waals surface area (Å²) in [7, 11) is 1.98. The average Bonchev–Trinajstić information content (AvgIpc) is 2.74. The van der Waals surface area contributed by atoms with Crippen LogP contribution in [0.2, 0.25) is 10.0 Å². The van der Waals surface area contributed by atoms with Gasteiger partial charge in [0, 0.05) is 23.0 Å². The second-order valence-corrected chi connectivity index (χ2v) is 5.32. The summed E-state index contributed by atoms with van der Waals surface area (Å²) in [5, 5.41) is 9.10. The fraction of sp³-hybridized carbons (Fsp3) is 0.385. The highest BCUT2D eigenvalue weighted by atomic mass is 35.5. The molecule has 1 atom stereocenters. The van der Waals surface area contributed by atoms with Crippen molar-refractivity contribution >= 4 is 23.2 Å². The molecule has 0 fully saturated rings. The Labute approximate surface area is 122 Å². The van der Waals surface area contributed by atoms with E-state index in [-0.39, 0.29) is 6.04 Å². The van der Waals surface area contributed by atoms with Gasteiger partial charge in [-0.25, -0.2) is 0 Å². The van der Waals surface area contributed by atoms with Crippen molar-refractivity contribution in [2.75, 3.05) is 7.05 Å². The Balaban J connectivity index is 2.12. The minimum atomic E-state index is 0.122. The molecule has 0 saturated carbocycles. The Kier molecular flexibility index (Phi) is 4.45. The van der Waals surface area contributed by atoms with Crippen molar-refractivity contribution in [3.63, 3.8) is 0 Å². The number of aromatic nitrogens is 2. The molecule has 19 heavy (non-hydrogen) atoms. The first-order chi connectivity index (χ1) is 8.97. The maximum atomic E-state index is 6.21. The lowest BCUT2D eigenvalue weighted by Gasteiger charge is -2.24. The van der Waals surface area contributed by atoms with Crippen LogP contribution in [0.25, 0.3) is 0 Å². The first kappa shape index (κ1) is 14.3. The Bertz CT molecular complexity index is 571. The van der Waals surface area contributed by atoms with Gasteiger partial charge in [0.15, 0.2) is 0 Å². The SMILES string of the molecule is Cc1nnc(CN(C)C(C)c2ccc(Cl)cc2Cl)o1. The smallest absolute Gasteiger partial charge is 0.230 e. The lowest BCUT2D eigenvalue weighted by atomic mass is 10.1. The third-order valence-electron chi connectivity index (χ3n) is 3.03. The summed E-state index contributed by atoms with van der Waals surface area (Å²) in [6.07, 6.45) is 0. The van der Waals surface area contributed by atoms with Crippen LogP contribution in [0.4, 0.5) is 0 Å². The van der Waals surface area contributed by atoms with Gasteiger partial charge >= 0.3 is 0 Å². The molecule has 1 aromatic carbocycles. The second kappa shape index (κ2) is 5.90. The van der Waals surface area contributed by atoms with E-state index >= 15 is 0 Å². The zero-order chi connectivity index (χ0) is 14.0. The van der Waals surface area contributed by atoms with Gasteiger partial charge in [-0.1, -0.05) is 29.3 Å². The summed E-state index contributed by atoms with van der Waals surface area (Å²) >= 11 is 12.1. The standard InChI is InChI=1S/C13H15Cl2N3O/c1-8(11-5-4-10(14)6-12(11)15)18(3)7-13-17-16-9(2)19-13/h4-6,8H,7H2,1-3H3. The first-order valence-corrected chi connectivity index (χ1v) is 6.67. The van der Waals surface area contributed by atoms with Gasteiger partial charge in [-0.05, 0) is 31.7 Å². The highest BCUT2D eigenvalue weighted by molar-refractivity contribution is 6.35. The number of hydrogen-bond donors (Lipinski definition) is 0. The molecular weight excluding hydrogens is 285 g/mol. The van der Waals surface area contributed by atoms with E-state index in [1.807, 2.05) is 19.2 Å². The predicted molar refractivity (Wildman–Crippen MR) is 75.4 cm³/mol. The summed E-state index contributed by atoms with van der Waals surface area (Å²) in [5.41, 5.74) is 1.02. The van der Waals surface area contributed by atoms with Gasteiger partial charge in [0.2, 0.25) is 11.8 Å². The van der Waals surface area contributed by atoms with Gasteiger partial charge in [-0.2, -0.15) is 0 Å². The van der Waals surface area contributed by atoms with Crippen molar-refractivity contribution in [1.82, 2.24) is 15.1 Å². The van der Waals surface area contributed by atoms with Gasteiger partial charge in [0.25, 0.3) is 0 Å². The Morgan fingerprint density at radius 1 is 1.32 bits per heavy atom. The van der Waals surface area contributed by atoms with Gasteiger partial charge < -0.3 is 4.42 Å². The van der Waals surface area contributed by atoms with Crippen molar-refractivity contribution in [3.05, 3.63) is 45.6 Å². The number of nitrogens with zero attached hydrogens (tertiary/aromatic N) is 3. The number of hydrogen-bond acceptors (Lipinski definition) is 4. The number of aryl methyl sites for hydroxylation is 1. The lowest BCUT2D eigenvalue weighted by Crippen LogP contribution is -2.22. The van der Waals surface area contributed by atoms with Crippen molar-refractivity contribution in [3.8, 4) is 0 Å². The van der Waals surface area contributed by atoms with Crippen molar-refractivity contribution < 1.29 is 4.42 Å². The molecule has 0 radical (unpaired) electrons. The molecule has 0 aliphatic carbocycles. The highest BCUT2D eigenvalue weighted by Crippen LogP contribution is 2.29. The maximum absolute atomic E-state index is 6.21. The van der Waals surface area contributed by atoms with E-state index in [1.165, 1.54) is 0 Å². The molecule has 102 valence electrons. The monoisotopic (exact) mass is 299 g/mol. The van der Waals surface area contributed by atoms with Crippen molar-refractivity contribution in [1.29, 1.82) is 0 Å². The lowest BCUT2D eigenvalue weighted by molar-refractivity contribution is 0.226. The molecule has 0 bridgehead atoms. The minimum Gasteiger partial charge on any atom is -0.424 e. The van der Waals surface area contributed by atoms with Crippen LogP contribution in [0.15, 0.2) is 22.6 Å². The molecule has 0 spiro atoms. The van der Waals surface area contributed by atoms with Crippen LogP contribution in [-0.4, -0.2) is 22.1 Å². The van der Waals surface area contributed by atoms with Gasteiger partial charge in [0.1, 0.15) is 0 Å². The van der Waals surface area contributed by atoms with E-state index in [0.29, 0.717) is 28.4 Å². The number of rotatable bonds is 4. The van der Waals surface area contributed by atoms with Crippen LogP contribution in [0.1, 0.15) is 30.3 Å². The Morgan fingerprint density at radius 3 is 2.63 bits per heavy atom. The molecule has 4 nitrogen and oxygen atoms in total. The summed E-state index contributed by atoms with van der Waals surface area (Å²) < 4.78 is 5.37. The molecule has 0 amide bonds. The molecule has 1 aromatic heterocycles. The van der Waals surface area contributed by atoms with Crippen LogP contribution in [-0.2, 0) is 6.54 Å². The van der Waals surface area contributed by atoms with Gasteiger partial charge in [0.05, 0.1) is 6.54 Å². The predicted octanol–water partition coefficient (Wildman–Crippen LogP) is 3.88. The van der Waals surface area contributed by atoms with Gasteiger partial charge in [-0.3, -0.25) is 4.90 Å². The van der Waals surface area contributed by atoms with E-state index in [2.05, 4.69) is 22.0 Å². The maximum Gasteiger partial charge on any atom is 0.230 e. The van der Waals surface area contributed by atoms with E-state index in [1.54, 1.807) is 13.0 Å². The molecule has 0 saturated heterocycles. The van der Waals surface area contributed by atoms with E-state index in [9.17, 15) is 0 Å². The quantitative estimate of drug-likeness (QED) is 0.859. The highest BCUT2D eigenvalue weighted by Gasteiger charge is 2.17. The largest absolute Gasteiger partial charge is 0.424 e. The van der Waals surface area contributed by atoms with Gasteiger partial charge in [-0.15, -0.1) is 10.2 Å². The summed E-state index contributed by atoms with van der Waals surface area (Å²) in [4.78, 5) is 2.09. The third-order valence-corrected chi connectivity index (χ3v) is 3.59. The molecule has 0 N–H and O–H groups in total. The fourth-order valence-corrected chi connectivity index (χ4v) is 2.40. The van der Waals surface area contributed by atoms with E-state index in [0.717, 1.165) is 5.56 Å². The van der Waals surface area contributed by atoms with Crippen LogP contribution in [0, 0.1) is 6.92 Å².